The van der Waals surface area contributed by atoms with Gasteiger partial charge in [-0.2, -0.15) is 0 Å². The molecule has 0 spiro atoms. The van der Waals surface area contributed by atoms with Crippen molar-refractivity contribution in [3.8, 4) is 16.9 Å². The van der Waals surface area contributed by atoms with Crippen molar-refractivity contribution >= 4 is 67.3 Å². The number of hydrogen-bond donors (Lipinski definition) is 0. The fourth-order valence-corrected chi connectivity index (χ4v) is 8.65. The zero-order chi connectivity index (χ0) is 41.7. The van der Waals surface area contributed by atoms with Gasteiger partial charge in [0.2, 0.25) is 0 Å². The molecule has 0 saturated carbocycles. The summed E-state index contributed by atoms with van der Waals surface area (Å²) in [5.74, 6) is 0.905. The van der Waals surface area contributed by atoms with E-state index in [1.54, 1.807) is 7.11 Å². The molecule has 0 heterocycles. The minimum atomic E-state index is 0.905. The fraction of sp³-hybridized carbons (Fsp3) is 0.0169. The Hall–Kier alpha value is -8.14. The van der Waals surface area contributed by atoms with Crippen molar-refractivity contribution in [1.82, 2.24) is 0 Å². The highest BCUT2D eigenvalue weighted by molar-refractivity contribution is 6.17. The van der Waals surface area contributed by atoms with Crippen LogP contribution in [0.25, 0.3) is 44.3 Å². The van der Waals surface area contributed by atoms with Crippen LogP contribution in [0.5, 0.6) is 5.75 Å². The average Bonchev–Trinajstić information content (AvgIpc) is 3.35. The lowest BCUT2D eigenvalue weighted by atomic mass is 9.91. The molecular weight excluding hydrogens is 753 g/mol. The van der Waals surface area contributed by atoms with Crippen LogP contribution in [0.1, 0.15) is 16.7 Å². The highest BCUT2D eigenvalue weighted by atomic mass is 16.5. The number of hydrogen-bond acceptors (Lipinski definition) is 3. The molecule has 0 aliphatic carbocycles. The van der Waals surface area contributed by atoms with Crippen LogP contribution in [0.3, 0.4) is 0 Å². The molecule has 10 aromatic rings. The van der Waals surface area contributed by atoms with E-state index < -0.39 is 0 Å². The van der Waals surface area contributed by atoms with E-state index in [0.717, 1.165) is 61.8 Å². The van der Waals surface area contributed by atoms with E-state index in [1.807, 2.05) is 0 Å². The third-order valence-corrected chi connectivity index (χ3v) is 11.5. The zero-order valence-corrected chi connectivity index (χ0v) is 34.5. The van der Waals surface area contributed by atoms with Crippen LogP contribution in [0.15, 0.2) is 243 Å². The Morgan fingerprint density at radius 3 is 1.06 bits per heavy atom. The first-order chi connectivity index (χ1) is 30.7. The van der Waals surface area contributed by atoms with Crippen LogP contribution in [-0.2, 0) is 0 Å². The van der Waals surface area contributed by atoms with Gasteiger partial charge < -0.3 is 14.5 Å². The van der Waals surface area contributed by atoms with E-state index in [1.165, 1.54) is 33.0 Å². The van der Waals surface area contributed by atoms with Gasteiger partial charge in [-0.1, -0.05) is 170 Å². The molecule has 3 nitrogen and oxygen atoms in total. The Labute approximate surface area is 363 Å². The summed E-state index contributed by atoms with van der Waals surface area (Å²) in [6.45, 7) is 0. The van der Waals surface area contributed by atoms with E-state index >= 15 is 0 Å². The molecule has 0 fully saturated rings. The molecule has 0 radical (unpaired) electrons. The maximum atomic E-state index is 6.01. The summed E-state index contributed by atoms with van der Waals surface area (Å²) in [4.78, 5) is 4.64. The Morgan fingerprint density at radius 2 is 0.661 bits per heavy atom. The molecule has 0 unspecified atom stereocenters. The first kappa shape index (κ1) is 38.1. The molecule has 0 amide bonds. The Kier molecular flexibility index (Phi) is 10.6. The number of rotatable bonds is 11. The number of ether oxygens (including phenoxy) is 1. The molecule has 10 rings (SSSR count). The van der Waals surface area contributed by atoms with Gasteiger partial charge >= 0.3 is 0 Å². The molecule has 0 N–H and O–H groups in total. The van der Waals surface area contributed by atoms with Crippen LogP contribution in [0, 0.1) is 0 Å². The molecule has 0 bridgehead atoms. The summed E-state index contributed by atoms with van der Waals surface area (Å²) in [5, 5.41) is 4.54. The Bertz CT molecular complexity index is 2970. The molecule has 62 heavy (non-hydrogen) atoms. The first-order valence-corrected chi connectivity index (χ1v) is 21.0. The number of anilines is 6. The number of methoxy groups -OCH3 is 1. The molecule has 0 saturated heterocycles. The second kappa shape index (κ2) is 17.2. The van der Waals surface area contributed by atoms with Gasteiger partial charge in [0.1, 0.15) is 5.75 Å². The van der Waals surface area contributed by atoms with E-state index in [9.17, 15) is 0 Å². The quantitative estimate of drug-likeness (QED) is 0.0958. The highest BCUT2D eigenvalue weighted by Crippen LogP contribution is 2.45. The van der Waals surface area contributed by atoms with Gasteiger partial charge in [-0.05, 0) is 123 Å². The summed E-state index contributed by atoms with van der Waals surface area (Å²) in [7, 11) is 1.76. The summed E-state index contributed by atoms with van der Waals surface area (Å²) < 4.78 is 6.01. The van der Waals surface area contributed by atoms with Gasteiger partial charge in [0.15, 0.2) is 0 Å². The van der Waals surface area contributed by atoms with Crippen LogP contribution >= 0.6 is 0 Å². The second-order valence-corrected chi connectivity index (χ2v) is 15.3. The maximum Gasteiger partial charge on any atom is 0.134 e. The molecular formula is C59H44N2O. The van der Waals surface area contributed by atoms with E-state index in [4.69, 9.17) is 4.74 Å². The van der Waals surface area contributed by atoms with Crippen molar-refractivity contribution in [1.29, 1.82) is 0 Å². The van der Waals surface area contributed by atoms with Crippen LogP contribution < -0.4 is 14.5 Å². The van der Waals surface area contributed by atoms with Gasteiger partial charge in [0.05, 0.1) is 7.11 Å². The van der Waals surface area contributed by atoms with Gasteiger partial charge in [0, 0.05) is 44.9 Å². The number of fused-ring (bicyclic) bond motifs is 2. The lowest BCUT2D eigenvalue weighted by Gasteiger charge is -2.28. The minimum Gasteiger partial charge on any atom is -0.495 e. The molecule has 10 aromatic carbocycles. The van der Waals surface area contributed by atoms with Gasteiger partial charge in [-0.3, -0.25) is 0 Å². The molecule has 0 aliphatic rings. The second-order valence-electron chi connectivity index (χ2n) is 15.3. The predicted octanol–water partition coefficient (Wildman–Crippen LogP) is 16.2. The zero-order valence-electron chi connectivity index (χ0n) is 34.5. The van der Waals surface area contributed by atoms with E-state index in [0.29, 0.717) is 0 Å². The largest absolute Gasteiger partial charge is 0.495 e. The first-order valence-electron chi connectivity index (χ1n) is 21.0. The maximum absolute atomic E-state index is 6.01. The van der Waals surface area contributed by atoms with Crippen LogP contribution in [-0.4, -0.2) is 7.11 Å². The smallest absolute Gasteiger partial charge is 0.134 e. The fourth-order valence-electron chi connectivity index (χ4n) is 8.65. The highest BCUT2D eigenvalue weighted by Gasteiger charge is 2.19. The van der Waals surface area contributed by atoms with Crippen molar-refractivity contribution in [2.24, 2.45) is 0 Å². The Morgan fingerprint density at radius 1 is 0.339 bits per heavy atom. The standard InChI is InChI=1S/C59H44N2O/c1-62-59-55-28-16-14-26-53(55)58(54-27-15-17-29-56(54)59)46-32-36-50(37-33-46)61(52-40-38-51(39-41-52)60(47-22-10-4-11-23-47)48-24-12-5-13-25-48)49-34-30-43(31-35-49)42-57(44-18-6-2-7-19-44)45-20-8-3-9-21-45/h2-42H,1H3. The molecule has 0 aliphatic heterocycles. The van der Waals surface area contributed by atoms with Crippen molar-refractivity contribution < 1.29 is 4.74 Å². The summed E-state index contributed by atoms with van der Waals surface area (Å²) >= 11 is 0. The van der Waals surface area contributed by atoms with Gasteiger partial charge in [-0.25, -0.2) is 0 Å². The van der Waals surface area contributed by atoms with Gasteiger partial charge in [0.25, 0.3) is 0 Å². The summed E-state index contributed by atoms with van der Waals surface area (Å²) in [6, 6.07) is 86.2. The van der Waals surface area contributed by atoms with Crippen molar-refractivity contribution in [2.75, 3.05) is 16.9 Å². The lowest BCUT2D eigenvalue weighted by Crippen LogP contribution is -2.12. The Balaban J connectivity index is 1.08. The molecule has 296 valence electrons. The lowest BCUT2D eigenvalue weighted by molar-refractivity contribution is 0.424. The minimum absolute atomic E-state index is 0.905. The van der Waals surface area contributed by atoms with E-state index in [-0.39, 0.29) is 0 Å². The van der Waals surface area contributed by atoms with Crippen LogP contribution in [0.4, 0.5) is 34.1 Å². The summed E-state index contributed by atoms with van der Waals surface area (Å²) in [5.41, 5.74) is 13.5. The molecule has 0 atom stereocenters. The topological polar surface area (TPSA) is 15.7 Å². The summed E-state index contributed by atoms with van der Waals surface area (Å²) in [6.07, 6.45) is 2.29. The van der Waals surface area contributed by atoms with Crippen molar-refractivity contribution in [3.05, 3.63) is 259 Å². The number of benzene rings is 10. The number of nitrogens with zero attached hydrogens (tertiary/aromatic N) is 2. The third kappa shape index (κ3) is 7.49. The SMILES string of the molecule is COc1c2ccccc2c(-c2ccc(N(c3ccc(C=C(c4ccccc4)c4ccccc4)cc3)c3ccc(N(c4ccccc4)c4ccccc4)cc3)cc2)c2ccccc12. The van der Waals surface area contributed by atoms with E-state index in [2.05, 4.69) is 259 Å². The molecule has 3 heteroatoms. The predicted molar refractivity (Wildman–Crippen MR) is 263 cm³/mol. The van der Waals surface area contributed by atoms with Crippen molar-refractivity contribution in [2.45, 2.75) is 0 Å². The van der Waals surface area contributed by atoms with Gasteiger partial charge in [-0.15, -0.1) is 0 Å². The third-order valence-electron chi connectivity index (χ3n) is 11.5. The molecule has 0 aromatic heterocycles. The number of para-hydroxylation sites is 2. The monoisotopic (exact) mass is 796 g/mol. The average molecular weight is 797 g/mol. The van der Waals surface area contributed by atoms with Crippen LogP contribution in [0.2, 0.25) is 0 Å². The normalized spacial score (nSPS) is 11.0. The van der Waals surface area contributed by atoms with Crippen molar-refractivity contribution in [3.63, 3.8) is 0 Å².